The van der Waals surface area contributed by atoms with Crippen LogP contribution in [0.25, 0.3) is 0 Å². The van der Waals surface area contributed by atoms with Gasteiger partial charge in [0.05, 0.1) is 13.5 Å². The summed E-state index contributed by atoms with van der Waals surface area (Å²) in [4.78, 5) is 11.3. The normalized spacial score (nSPS) is 16.8. The van der Waals surface area contributed by atoms with Gasteiger partial charge in [-0.3, -0.25) is 4.79 Å². The predicted molar refractivity (Wildman–Crippen MR) is 60.2 cm³/mol. The number of rotatable bonds is 4. The third-order valence-electron chi connectivity index (χ3n) is 3.18. The van der Waals surface area contributed by atoms with E-state index in [1.165, 1.54) is 13.2 Å². The molecule has 0 atom stereocenters. The van der Waals surface area contributed by atoms with E-state index in [1.807, 2.05) is 0 Å². The number of benzene rings is 1. The Morgan fingerprint density at radius 1 is 1.39 bits per heavy atom. The largest absolute Gasteiger partial charge is 0.484 e. The summed E-state index contributed by atoms with van der Waals surface area (Å²) in [5.41, 5.74) is -0.703. The van der Waals surface area contributed by atoms with Crippen LogP contribution in [0.2, 0.25) is 0 Å². The third kappa shape index (κ3) is 2.60. The third-order valence-corrected chi connectivity index (χ3v) is 3.18. The van der Waals surface area contributed by atoms with Crippen LogP contribution in [0.15, 0.2) is 18.2 Å². The molecular weight excluding hydrogens is 242 g/mol. The van der Waals surface area contributed by atoms with Gasteiger partial charge in [-0.1, -0.05) is 0 Å². The van der Waals surface area contributed by atoms with Crippen molar-refractivity contribution in [2.24, 2.45) is 0 Å². The molecule has 1 aliphatic carbocycles. The average Bonchev–Trinajstić information content (AvgIpc) is 2.29. The lowest BCUT2D eigenvalue weighted by molar-refractivity contribution is -0.148. The smallest absolute Gasteiger partial charge is 0.309 e. The molecule has 0 amide bonds. The maximum Gasteiger partial charge on any atom is 0.309 e. The molecule has 0 N–H and O–H groups in total. The lowest BCUT2D eigenvalue weighted by atomic mass is 9.77. The van der Waals surface area contributed by atoms with E-state index in [1.54, 1.807) is 0 Å². The van der Waals surface area contributed by atoms with Gasteiger partial charge in [0.2, 0.25) is 0 Å². The molecule has 3 nitrogen and oxygen atoms in total. The molecule has 5 heteroatoms. The zero-order chi connectivity index (χ0) is 13.2. The van der Waals surface area contributed by atoms with Crippen molar-refractivity contribution in [1.82, 2.24) is 0 Å². The first kappa shape index (κ1) is 12.8. The molecule has 1 fully saturated rings. The molecule has 0 heterocycles. The van der Waals surface area contributed by atoms with Crippen LogP contribution in [-0.2, 0) is 9.53 Å². The zero-order valence-corrected chi connectivity index (χ0v) is 10.0. The van der Waals surface area contributed by atoms with Crippen molar-refractivity contribution in [2.45, 2.75) is 31.3 Å². The highest BCUT2D eigenvalue weighted by atomic mass is 19.1. The summed E-state index contributed by atoms with van der Waals surface area (Å²) in [6.07, 6.45) is 2.33. The van der Waals surface area contributed by atoms with Gasteiger partial charge in [-0.2, -0.15) is 0 Å². The Morgan fingerprint density at radius 3 is 2.61 bits per heavy atom. The summed E-state index contributed by atoms with van der Waals surface area (Å²) in [5.74, 6) is -1.83. The Labute approximate surface area is 104 Å². The Morgan fingerprint density at radius 2 is 2.11 bits per heavy atom. The molecule has 98 valence electrons. The van der Waals surface area contributed by atoms with Crippen molar-refractivity contribution >= 4 is 5.97 Å². The summed E-state index contributed by atoms with van der Waals surface area (Å²) in [5, 5.41) is 0. The molecule has 1 saturated carbocycles. The van der Waals surface area contributed by atoms with Crippen molar-refractivity contribution in [3.05, 3.63) is 29.8 Å². The summed E-state index contributed by atoms with van der Waals surface area (Å²) in [6.45, 7) is 0. The standard InChI is InChI=1S/C13H14F2O3/c1-17-12(16)8-13(5-2-6-13)18-11-4-3-9(14)7-10(11)15/h3-4,7H,2,5-6,8H2,1H3. The highest BCUT2D eigenvalue weighted by molar-refractivity contribution is 5.70. The minimum absolute atomic E-state index is 0.0278. The first-order valence-electron chi connectivity index (χ1n) is 5.75. The summed E-state index contributed by atoms with van der Waals surface area (Å²) < 4.78 is 36.4. The number of carbonyl (C=O) groups is 1. The second kappa shape index (κ2) is 4.92. The number of esters is 1. The molecule has 1 aliphatic rings. The van der Waals surface area contributed by atoms with Crippen molar-refractivity contribution in [2.75, 3.05) is 7.11 Å². The van der Waals surface area contributed by atoms with E-state index in [2.05, 4.69) is 4.74 Å². The van der Waals surface area contributed by atoms with E-state index < -0.39 is 23.2 Å². The molecule has 0 aromatic heterocycles. The summed E-state index contributed by atoms with van der Waals surface area (Å²) in [7, 11) is 1.30. The fourth-order valence-corrected chi connectivity index (χ4v) is 2.01. The molecule has 0 unspecified atom stereocenters. The SMILES string of the molecule is COC(=O)CC1(Oc2ccc(F)cc2F)CCC1. The molecule has 1 aromatic rings. The van der Waals surface area contributed by atoms with Gasteiger partial charge in [-0.15, -0.1) is 0 Å². The fourth-order valence-electron chi connectivity index (χ4n) is 2.01. The van der Waals surface area contributed by atoms with Gasteiger partial charge in [-0.25, -0.2) is 8.78 Å². The maximum atomic E-state index is 13.5. The van der Waals surface area contributed by atoms with E-state index in [0.29, 0.717) is 12.8 Å². The van der Waals surface area contributed by atoms with Gasteiger partial charge in [0.15, 0.2) is 11.6 Å². The predicted octanol–water partition coefficient (Wildman–Crippen LogP) is 2.83. The molecule has 0 saturated heterocycles. The summed E-state index contributed by atoms with van der Waals surface area (Å²) >= 11 is 0. The van der Waals surface area contributed by atoms with Crippen LogP contribution in [-0.4, -0.2) is 18.7 Å². The fraction of sp³-hybridized carbons (Fsp3) is 0.462. The molecule has 0 spiro atoms. The highest BCUT2D eigenvalue weighted by Crippen LogP contribution is 2.40. The van der Waals surface area contributed by atoms with Gasteiger partial charge in [0, 0.05) is 6.07 Å². The maximum absolute atomic E-state index is 13.5. The Kier molecular flexibility index (Phi) is 3.50. The molecule has 2 rings (SSSR count). The van der Waals surface area contributed by atoms with Crippen LogP contribution in [0.1, 0.15) is 25.7 Å². The second-order valence-corrected chi connectivity index (χ2v) is 4.47. The number of halogens is 2. The first-order chi connectivity index (χ1) is 8.54. The monoisotopic (exact) mass is 256 g/mol. The molecular formula is C13H14F2O3. The number of hydrogen-bond acceptors (Lipinski definition) is 3. The van der Waals surface area contributed by atoms with Crippen LogP contribution in [0.3, 0.4) is 0 Å². The van der Waals surface area contributed by atoms with E-state index in [9.17, 15) is 13.6 Å². The molecule has 0 aliphatic heterocycles. The number of ether oxygens (including phenoxy) is 2. The van der Waals surface area contributed by atoms with Crippen LogP contribution in [0, 0.1) is 11.6 Å². The Balaban J connectivity index is 2.12. The van der Waals surface area contributed by atoms with E-state index in [0.717, 1.165) is 18.6 Å². The quantitative estimate of drug-likeness (QED) is 0.777. The van der Waals surface area contributed by atoms with Crippen LogP contribution < -0.4 is 4.74 Å². The van der Waals surface area contributed by atoms with Crippen LogP contribution >= 0.6 is 0 Å². The topological polar surface area (TPSA) is 35.5 Å². The van der Waals surface area contributed by atoms with Crippen LogP contribution in [0.5, 0.6) is 5.75 Å². The first-order valence-corrected chi connectivity index (χ1v) is 5.75. The minimum atomic E-state index is -0.758. The average molecular weight is 256 g/mol. The van der Waals surface area contributed by atoms with Gasteiger partial charge < -0.3 is 9.47 Å². The molecule has 18 heavy (non-hydrogen) atoms. The van der Waals surface area contributed by atoms with Crippen molar-refractivity contribution in [3.63, 3.8) is 0 Å². The molecule has 0 radical (unpaired) electrons. The van der Waals surface area contributed by atoms with Gasteiger partial charge in [0.1, 0.15) is 11.4 Å². The van der Waals surface area contributed by atoms with Gasteiger partial charge in [-0.05, 0) is 31.4 Å². The summed E-state index contributed by atoms with van der Waals surface area (Å²) in [6, 6.07) is 3.13. The van der Waals surface area contributed by atoms with E-state index in [-0.39, 0.29) is 12.2 Å². The van der Waals surface area contributed by atoms with Gasteiger partial charge >= 0.3 is 5.97 Å². The number of hydrogen-bond donors (Lipinski definition) is 0. The zero-order valence-electron chi connectivity index (χ0n) is 10.0. The van der Waals surface area contributed by atoms with Crippen LogP contribution in [0.4, 0.5) is 8.78 Å². The van der Waals surface area contributed by atoms with E-state index in [4.69, 9.17) is 4.74 Å². The highest BCUT2D eigenvalue weighted by Gasteiger charge is 2.42. The second-order valence-electron chi connectivity index (χ2n) is 4.47. The minimum Gasteiger partial charge on any atom is -0.484 e. The Hall–Kier alpha value is -1.65. The van der Waals surface area contributed by atoms with Crippen molar-refractivity contribution < 1.29 is 23.0 Å². The molecule has 1 aromatic carbocycles. The van der Waals surface area contributed by atoms with Crippen molar-refractivity contribution in [1.29, 1.82) is 0 Å². The van der Waals surface area contributed by atoms with E-state index >= 15 is 0 Å². The van der Waals surface area contributed by atoms with Gasteiger partial charge in [0.25, 0.3) is 0 Å². The lowest BCUT2D eigenvalue weighted by Crippen LogP contribution is -2.45. The molecule has 0 bridgehead atoms. The Bertz CT molecular complexity index is 456. The lowest BCUT2D eigenvalue weighted by Gasteiger charge is -2.41. The number of carbonyl (C=O) groups excluding carboxylic acids is 1. The van der Waals surface area contributed by atoms with Crippen molar-refractivity contribution in [3.8, 4) is 5.75 Å². The number of methoxy groups -OCH3 is 1.